The summed E-state index contributed by atoms with van der Waals surface area (Å²) >= 11 is 0. The molecule has 0 radical (unpaired) electrons. The van der Waals surface area contributed by atoms with E-state index in [2.05, 4.69) is 33.9 Å². The van der Waals surface area contributed by atoms with Crippen molar-refractivity contribution in [2.24, 2.45) is 0 Å². The highest BCUT2D eigenvalue weighted by atomic mass is 32.2. The van der Waals surface area contributed by atoms with Crippen molar-refractivity contribution in [3.63, 3.8) is 0 Å². The molecule has 28 heavy (non-hydrogen) atoms. The Balaban J connectivity index is 2.09. The van der Waals surface area contributed by atoms with E-state index in [-0.39, 0.29) is 16.5 Å². The summed E-state index contributed by atoms with van der Waals surface area (Å²) in [6, 6.07) is 7.77. The van der Waals surface area contributed by atoms with Gasteiger partial charge in [-0.1, -0.05) is 39.0 Å². The second-order valence-corrected chi connectivity index (χ2v) is 16.5. The van der Waals surface area contributed by atoms with Gasteiger partial charge in [0.25, 0.3) is 0 Å². The van der Waals surface area contributed by atoms with E-state index in [9.17, 15) is 13.2 Å². The van der Waals surface area contributed by atoms with E-state index in [1.54, 1.807) is 36.9 Å². The number of benzene rings is 1. The van der Waals surface area contributed by atoms with Crippen molar-refractivity contribution in [1.82, 2.24) is 4.90 Å². The van der Waals surface area contributed by atoms with Crippen LogP contribution in [0, 0.1) is 0 Å². The second-order valence-electron chi connectivity index (χ2n) is 9.65. The maximum Gasteiger partial charge on any atom is 0.246 e. The summed E-state index contributed by atoms with van der Waals surface area (Å²) in [5.41, 5.74) is -0.849. The summed E-state index contributed by atoms with van der Waals surface area (Å²) < 4.78 is 39.4. The predicted molar refractivity (Wildman–Crippen MR) is 110 cm³/mol. The fraction of sp³-hybridized carbons (Fsp3) is 0.650. The lowest BCUT2D eigenvalue weighted by molar-refractivity contribution is -0.141. The third kappa shape index (κ3) is 3.34. The molecule has 1 aromatic rings. The smallest absolute Gasteiger partial charge is 0.246 e. The van der Waals surface area contributed by atoms with Crippen LogP contribution in [0.3, 0.4) is 0 Å². The SMILES string of the molecule is CC1(C)OC[C@@H]2[C@@H](O[Si](C)(C)C(C)(C)C)[C@H](S(=O)(=O)c3ccccc3)C(=O)N21. The first-order chi connectivity index (χ1) is 12.7. The molecule has 0 spiro atoms. The molecule has 3 atom stereocenters. The molecule has 1 aromatic carbocycles. The second kappa shape index (κ2) is 6.65. The van der Waals surface area contributed by atoms with Gasteiger partial charge in [0.15, 0.2) is 23.4 Å². The average Bonchev–Trinajstić information content (AvgIpc) is 3.03. The molecule has 0 N–H and O–H groups in total. The monoisotopic (exact) mass is 425 g/mol. The molecule has 0 aromatic heterocycles. The highest BCUT2D eigenvalue weighted by Crippen LogP contribution is 2.45. The first-order valence-corrected chi connectivity index (χ1v) is 14.1. The molecule has 156 valence electrons. The molecule has 3 rings (SSSR count). The molecule has 2 aliphatic rings. The van der Waals surface area contributed by atoms with Crippen LogP contribution in [0.4, 0.5) is 0 Å². The Hall–Kier alpha value is -1.22. The van der Waals surface area contributed by atoms with E-state index in [0.717, 1.165) is 0 Å². The van der Waals surface area contributed by atoms with Crippen LogP contribution in [0.25, 0.3) is 0 Å². The molecule has 2 fully saturated rings. The fourth-order valence-corrected chi connectivity index (χ4v) is 6.93. The minimum Gasteiger partial charge on any atom is -0.410 e. The molecular formula is C20H31NO5SSi. The van der Waals surface area contributed by atoms with Crippen molar-refractivity contribution in [1.29, 1.82) is 0 Å². The Labute approximate surface area is 169 Å². The number of hydrogen-bond donors (Lipinski definition) is 0. The van der Waals surface area contributed by atoms with E-state index in [0.29, 0.717) is 0 Å². The molecule has 2 saturated heterocycles. The normalized spacial score (nSPS) is 27.9. The zero-order valence-electron chi connectivity index (χ0n) is 17.7. The number of amides is 1. The molecule has 0 aliphatic carbocycles. The summed E-state index contributed by atoms with van der Waals surface area (Å²) in [5, 5.41) is -1.36. The standard InChI is InChI=1S/C20H31NO5SSi/c1-19(2,3)28(6,7)26-16-15-13-25-20(4,5)21(15)18(22)17(16)27(23,24)14-11-9-8-10-12-14/h8-12,15-17H,13H2,1-7H3/t15-,16-,17+/m1/s1. The number of sulfone groups is 1. The van der Waals surface area contributed by atoms with Crippen molar-refractivity contribution in [3.8, 4) is 0 Å². The Morgan fingerprint density at radius 3 is 2.29 bits per heavy atom. The molecule has 8 heteroatoms. The molecule has 0 saturated carbocycles. The number of nitrogens with zero attached hydrogens (tertiary/aromatic N) is 1. The van der Waals surface area contributed by atoms with E-state index in [1.165, 1.54) is 12.1 Å². The topological polar surface area (TPSA) is 72.9 Å². The largest absolute Gasteiger partial charge is 0.410 e. The van der Waals surface area contributed by atoms with Crippen LogP contribution in [0.15, 0.2) is 35.2 Å². The van der Waals surface area contributed by atoms with Gasteiger partial charge in [0.05, 0.1) is 23.6 Å². The van der Waals surface area contributed by atoms with Gasteiger partial charge in [-0.3, -0.25) is 4.79 Å². The molecule has 2 aliphatic heterocycles. The quantitative estimate of drug-likeness (QED) is 0.693. The van der Waals surface area contributed by atoms with Crippen LogP contribution in [0.2, 0.25) is 18.1 Å². The molecule has 6 nitrogen and oxygen atoms in total. The van der Waals surface area contributed by atoms with Crippen LogP contribution >= 0.6 is 0 Å². The summed E-state index contributed by atoms with van der Waals surface area (Å²) in [4.78, 5) is 15.1. The first kappa shape index (κ1) is 21.5. The van der Waals surface area contributed by atoms with Gasteiger partial charge in [-0.05, 0) is 44.1 Å². The summed E-state index contributed by atoms with van der Waals surface area (Å²) in [6.07, 6.45) is -0.750. The van der Waals surface area contributed by atoms with Crippen LogP contribution in [0.1, 0.15) is 34.6 Å². The van der Waals surface area contributed by atoms with Gasteiger partial charge in [-0.2, -0.15) is 0 Å². The Morgan fingerprint density at radius 1 is 1.18 bits per heavy atom. The number of rotatable bonds is 4. The highest BCUT2D eigenvalue weighted by Gasteiger charge is 2.63. The number of carbonyl (C=O) groups excluding carboxylic acids is 1. The van der Waals surface area contributed by atoms with E-state index >= 15 is 0 Å². The highest BCUT2D eigenvalue weighted by molar-refractivity contribution is 7.93. The van der Waals surface area contributed by atoms with Gasteiger partial charge in [-0.15, -0.1) is 0 Å². The zero-order chi connectivity index (χ0) is 21.1. The van der Waals surface area contributed by atoms with Crippen LogP contribution in [-0.2, 0) is 23.8 Å². The Bertz CT molecular complexity index is 860. The first-order valence-electron chi connectivity index (χ1n) is 9.64. The van der Waals surface area contributed by atoms with Crippen molar-refractivity contribution >= 4 is 24.1 Å². The van der Waals surface area contributed by atoms with Gasteiger partial charge in [-0.25, -0.2) is 8.42 Å². The van der Waals surface area contributed by atoms with Crippen LogP contribution < -0.4 is 0 Å². The molecule has 0 bridgehead atoms. The molecule has 2 heterocycles. The molecule has 1 amide bonds. The number of hydrogen-bond acceptors (Lipinski definition) is 5. The summed E-state index contributed by atoms with van der Waals surface area (Å²) in [6.45, 7) is 14.3. The van der Waals surface area contributed by atoms with Gasteiger partial charge >= 0.3 is 0 Å². The lowest BCUT2D eigenvalue weighted by atomic mass is 10.2. The van der Waals surface area contributed by atoms with Crippen LogP contribution in [-0.4, -0.2) is 57.3 Å². The van der Waals surface area contributed by atoms with Crippen LogP contribution in [0.5, 0.6) is 0 Å². The van der Waals surface area contributed by atoms with E-state index in [1.807, 2.05) is 0 Å². The minimum atomic E-state index is -3.90. The van der Waals surface area contributed by atoms with E-state index in [4.69, 9.17) is 9.16 Å². The van der Waals surface area contributed by atoms with E-state index < -0.39 is 47.2 Å². The number of carbonyl (C=O) groups is 1. The van der Waals surface area contributed by atoms with Crippen molar-refractivity contribution in [2.75, 3.05) is 6.61 Å². The minimum absolute atomic E-state index is 0.112. The third-order valence-corrected chi connectivity index (χ3v) is 12.9. The Kier molecular flexibility index (Phi) is 5.10. The maximum absolute atomic E-state index is 13.5. The van der Waals surface area contributed by atoms with Gasteiger partial charge < -0.3 is 14.1 Å². The molecular weight excluding hydrogens is 394 g/mol. The van der Waals surface area contributed by atoms with Gasteiger partial charge in [0.1, 0.15) is 5.72 Å². The van der Waals surface area contributed by atoms with Crippen molar-refractivity contribution < 1.29 is 22.4 Å². The predicted octanol–water partition coefficient (Wildman–Crippen LogP) is 3.20. The Morgan fingerprint density at radius 2 is 1.75 bits per heavy atom. The fourth-order valence-electron chi connectivity index (χ4n) is 3.71. The average molecular weight is 426 g/mol. The van der Waals surface area contributed by atoms with Crippen molar-refractivity contribution in [3.05, 3.63) is 30.3 Å². The summed E-state index contributed by atoms with van der Waals surface area (Å²) in [5.74, 6) is -0.430. The van der Waals surface area contributed by atoms with Gasteiger partial charge in [0.2, 0.25) is 5.91 Å². The zero-order valence-corrected chi connectivity index (χ0v) is 19.5. The van der Waals surface area contributed by atoms with Gasteiger partial charge in [0, 0.05) is 0 Å². The third-order valence-electron chi connectivity index (χ3n) is 6.32. The summed E-state index contributed by atoms with van der Waals surface area (Å²) in [7, 11) is -6.22. The maximum atomic E-state index is 13.5. The number of fused-ring (bicyclic) bond motifs is 1. The molecule has 0 unspecified atom stereocenters. The lowest BCUT2D eigenvalue weighted by Gasteiger charge is -2.40. The lowest BCUT2D eigenvalue weighted by Crippen LogP contribution is -2.51. The number of ether oxygens (including phenoxy) is 1. The van der Waals surface area contributed by atoms with Crippen molar-refractivity contribution in [2.45, 2.75) is 80.8 Å².